The number of piperidine rings is 1. The monoisotopic (exact) mass is 396 g/mol. The van der Waals surface area contributed by atoms with Crippen LogP contribution in [0.1, 0.15) is 30.7 Å². The highest BCUT2D eigenvalue weighted by atomic mass is 32.2. The summed E-state index contributed by atoms with van der Waals surface area (Å²) >= 11 is 0. The second-order valence-corrected chi connectivity index (χ2v) is 9.78. The van der Waals surface area contributed by atoms with Gasteiger partial charge in [-0.25, -0.2) is 17.5 Å². The molecule has 1 aromatic rings. The lowest BCUT2D eigenvalue weighted by atomic mass is 9.84. The number of carbonyl (C=O) groups is 1. The van der Waals surface area contributed by atoms with Crippen LogP contribution in [0.5, 0.6) is 0 Å². The molecule has 8 nitrogen and oxygen atoms in total. The van der Waals surface area contributed by atoms with Gasteiger partial charge in [-0.05, 0) is 51.0 Å². The summed E-state index contributed by atoms with van der Waals surface area (Å²) in [6.07, 6.45) is 3.89. The number of aryl methyl sites for hydroxylation is 2. The summed E-state index contributed by atoms with van der Waals surface area (Å²) in [5, 5.41) is 0. The number of sulfonamides is 1. The topological polar surface area (TPSA) is 92.6 Å². The Bertz CT molecular complexity index is 872. The maximum absolute atomic E-state index is 12.7. The third-order valence-electron chi connectivity index (χ3n) is 5.85. The molecule has 3 rings (SSSR count). The number of carbonyl (C=O) groups excluding carboxylic acids is 1. The van der Waals surface area contributed by atoms with E-state index in [2.05, 4.69) is 4.98 Å². The third kappa shape index (κ3) is 4.57. The van der Waals surface area contributed by atoms with E-state index in [0.717, 1.165) is 25.0 Å². The molecule has 0 N–H and O–H groups in total. The molecular weight excluding hydrogens is 368 g/mol. The van der Waals surface area contributed by atoms with Crippen molar-refractivity contribution >= 4 is 15.9 Å². The summed E-state index contributed by atoms with van der Waals surface area (Å²) in [5.41, 5.74) is 1.01. The van der Waals surface area contributed by atoms with E-state index in [4.69, 9.17) is 0 Å². The maximum atomic E-state index is 12.7. The largest absolute Gasteiger partial charge is 0.348 e. The van der Waals surface area contributed by atoms with Crippen molar-refractivity contribution in [3.8, 4) is 0 Å². The zero-order valence-corrected chi connectivity index (χ0v) is 17.0. The van der Waals surface area contributed by atoms with E-state index in [9.17, 15) is 18.0 Å². The minimum Gasteiger partial charge on any atom is -0.341 e. The van der Waals surface area contributed by atoms with Crippen LogP contribution in [0.3, 0.4) is 0 Å². The van der Waals surface area contributed by atoms with E-state index in [-0.39, 0.29) is 18.1 Å². The Hall–Kier alpha value is -1.74. The van der Waals surface area contributed by atoms with Gasteiger partial charge in [0.05, 0.1) is 6.26 Å². The minimum atomic E-state index is -3.11. The molecule has 3 heterocycles. The normalized spacial score (nSPS) is 22.3. The van der Waals surface area contributed by atoms with Gasteiger partial charge in [0.1, 0.15) is 6.54 Å². The van der Waals surface area contributed by atoms with E-state index < -0.39 is 10.0 Å². The zero-order chi connectivity index (χ0) is 19.8. The standard InChI is InChI=1S/C18H28N4O4S/c1-13-10-14(2)22(18(24)19-13)12-17(23)20-7-4-16(11-20)15-5-8-21(9-6-15)27(3,25)26/h10,15-16H,4-9,11-12H2,1-3H3. The van der Waals surface area contributed by atoms with Crippen LogP contribution < -0.4 is 5.69 Å². The van der Waals surface area contributed by atoms with E-state index in [1.807, 2.05) is 11.8 Å². The number of hydrogen-bond acceptors (Lipinski definition) is 5. The van der Waals surface area contributed by atoms with Crippen molar-refractivity contribution in [3.63, 3.8) is 0 Å². The Morgan fingerprint density at radius 2 is 1.78 bits per heavy atom. The highest BCUT2D eigenvalue weighted by molar-refractivity contribution is 7.88. The molecule has 2 fully saturated rings. The van der Waals surface area contributed by atoms with Crippen LogP contribution in [-0.2, 0) is 21.4 Å². The van der Waals surface area contributed by atoms with Gasteiger partial charge in [-0.15, -0.1) is 0 Å². The summed E-state index contributed by atoms with van der Waals surface area (Å²) in [6, 6.07) is 1.80. The first-order valence-electron chi connectivity index (χ1n) is 9.43. The molecule has 0 spiro atoms. The van der Waals surface area contributed by atoms with Gasteiger partial charge < -0.3 is 4.90 Å². The number of rotatable bonds is 4. The molecule has 0 radical (unpaired) electrons. The Morgan fingerprint density at radius 3 is 2.37 bits per heavy atom. The van der Waals surface area contributed by atoms with E-state index in [1.54, 1.807) is 17.3 Å². The number of aromatic nitrogens is 2. The van der Waals surface area contributed by atoms with Gasteiger partial charge in [-0.1, -0.05) is 0 Å². The van der Waals surface area contributed by atoms with Gasteiger partial charge in [0.2, 0.25) is 15.9 Å². The molecule has 1 atom stereocenters. The smallest absolute Gasteiger partial charge is 0.341 e. The molecular formula is C18H28N4O4S. The Balaban J connectivity index is 1.57. The molecule has 150 valence electrons. The van der Waals surface area contributed by atoms with Gasteiger partial charge >= 0.3 is 5.69 Å². The summed E-state index contributed by atoms with van der Waals surface area (Å²) in [7, 11) is -3.11. The van der Waals surface area contributed by atoms with E-state index in [0.29, 0.717) is 43.7 Å². The molecule has 0 saturated carbocycles. The van der Waals surface area contributed by atoms with Gasteiger partial charge in [0, 0.05) is 37.6 Å². The highest BCUT2D eigenvalue weighted by Gasteiger charge is 2.35. The molecule has 0 bridgehead atoms. The van der Waals surface area contributed by atoms with Crippen molar-refractivity contribution in [2.24, 2.45) is 11.8 Å². The quantitative estimate of drug-likeness (QED) is 0.734. The fourth-order valence-corrected chi connectivity index (χ4v) is 5.15. The van der Waals surface area contributed by atoms with Crippen molar-refractivity contribution in [3.05, 3.63) is 27.9 Å². The molecule has 1 aromatic heterocycles. The lowest BCUT2D eigenvalue weighted by molar-refractivity contribution is -0.131. The van der Waals surface area contributed by atoms with Crippen LogP contribution in [0.15, 0.2) is 10.9 Å². The highest BCUT2D eigenvalue weighted by Crippen LogP contribution is 2.32. The first-order valence-corrected chi connectivity index (χ1v) is 11.3. The summed E-state index contributed by atoms with van der Waals surface area (Å²) in [5.74, 6) is 0.804. The molecule has 2 aliphatic rings. The SMILES string of the molecule is Cc1cc(C)n(CC(=O)N2CCC(C3CCN(S(C)(=O)=O)CC3)C2)c(=O)n1. The molecule has 27 heavy (non-hydrogen) atoms. The molecule has 1 amide bonds. The van der Waals surface area contributed by atoms with Crippen molar-refractivity contribution in [1.82, 2.24) is 18.8 Å². The molecule has 0 aliphatic carbocycles. The van der Waals surface area contributed by atoms with Crippen LogP contribution in [0.2, 0.25) is 0 Å². The average Bonchev–Trinajstić information content (AvgIpc) is 3.07. The number of hydrogen-bond donors (Lipinski definition) is 0. The van der Waals surface area contributed by atoms with E-state index in [1.165, 1.54) is 10.8 Å². The first kappa shape index (κ1) is 20.0. The summed E-state index contributed by atoms with van der Waals surface area (Å²) in [4.78, 5) is 30.5. The van der Waals surface area contributed by atoms with Gasteiger partial charge in [-0.3, -0.25) is 9.36 Å². The lowest BCUT2D eigenvalue weighted by Gasteiger charge is -2.33. The van der Waals surface area contributed by atoms with Crippen LogP contribution in [-0.4, -0.2) is 65.5 Å². The molecule has 2 saturated heterocycles. The average molecular weight is 397 g/mol. The first-order chi connectivity index (χ1) is 12.6. The van der Waals surface area contributed by atoms with Crippen molar-refractivity contribution < 1.29 is 13.2 Å². The third-order valence-corrected chi connectivity index (χ3v) is 7.15. The lowest BCUT2D eigenvalue weighted by Crippen LogP contribution is -2.40. The molecule has 2 aliphatic heterocycles. The van der Waals surface area contributed by atoms with Gasteiger partial charge in [0.15, 0.2) is 0 Å². The minimum absolute atomic E-state index is 0.0250. The molecule has 1 unspecified atom stereocenters. The zero-order valence-electron chi connectivity index (χ0n) is 16.2. The van der Waals surface area contributed by atoms with Crippen molar-refractivity contribution in [2.75, 3.05) is 32.4 Å². The van der Waals surface area contributed by atoms with Gasteiger partial charge in [-0.2, -0.15) is 4.98 Å². The second-order valence-electron chi connectivity index (χ2n) is 7.80. The van der Waals surface area contributed by atoms with Crippen LogP contribution >= 0.6 is 0 Å². The van der Waals surface area contributed by atoms with Crippen LogP contribution in [0.25, 0.3) is 0 Å². The van der Waals surface area contributed by atoms with E-state index >= 15 is 0 Å². The van der Waals surface area contributed by atoms with Crippen molar-refractivity contribution in [2.45, 2.75) is 39.7 Å². The second kappa shape index (κ2) is 7.71. The summed E-state index contributed by atoms with van der Waals surface area (Å²) < 4.78 is 26.3. The Morgan fingerprint density at radius 1 is 1.15 bits per heavy atom. The summed E-state index contributed by atoms with van der Waals surface area (Å²) in [6.45, 7) is 6.12. The predicted molar refractivity (Wildman–Crippen MR) is 102 cm³/mol. The fourth-order valence-electron chi connectivity index (χ4n) is 4.28. The number of likely N-dealkylation sites (tertiary alicyclic amines) is 1. The fraction of sp³-hybridized carbons (Fsp3) is 0.722. The molecule has 0 aromatic carbocycles. The van der Waals surface area contributed by atoms with Gasteiger partial charge in [0.25, 0.3) is 0 Å². The van der Waals surface area contributed by atoms with Crippen LogP contribution in [0, 0.1) is 25.7 Å². The Labute approximate surface area is 160 Å². The number of nitrogens with zero attached hydrogens (tertiary/aromatic N) is 4. The van der Waals surface area contributed by atoms with Crippen molar-refractivity contribution in [1.29, 1.82) is 0 Å². The van der Waals surface area contributed by atoms with Crippen LogP contribution in [0.4, 0.5) is 0 Å². The Kier molecular flexibility index (Phi) is 5.71. The maximum Gasteiger partial charge on any atom is 0.348 e. The molecule has 9 heteroatoms. The predicted octanol–water partition coefficient (Wildman–Crippen LogP) is 0.380. The number of amides is 1.